The fourth-order valence-corrected chi connectivity index (χ4v) is 3.78. The second-order valence-corrected chi connectivity index (χ2v) is 7.77. The Labute approximate surface area is 195 Å². The van der Waals surface area contributed by atoms with E-state index in [1.807, 2.05) is 17.6 Å². The zero-order valence-electron chi connectivity index (χ0n) is 18.4. The molecule has 0 aliphatic heterocycles. The average Bonchev–Trinajstić information content (AvgIpc) is 3.24. The highest BCUT2D eigenvalue weighted by Crippen LogP contribution is 2.18. The first-order valence-corrected chi connectivity index (χ1v) is 11.5. The maximum absolute atomic E-state index is 12.3. The van der Waals surface area contributed by atoms with Gasteiger partial charge in [0.1, 0.15) is 0 Å². The predicted molar refractivity (Wildman–Crippen MR) is 125 cm³/mol. The minimum atomic E-state index is -0.402. The number of carbonyl (C=O) groups excluding carboxylic acids is 3. The SMILES string of the molecule is CCOC(=O)c1ccc(NC(=O)CSc2nnc(CNC(=O)c3ccccc3)n2CC)cc1. The van der Waals surface area contributed by atoms with Crippen molar-refractivity contribution < 1.29 is 19.1 Å². The third kappa shape index (κ3) is 6.66. The first-order chi connectivity index (χ1) is 16.0. The Hall–Kier alpha value is -3.66. The summed E-state index contributed by atoms with van der Waals surface area (Å²) in [4.78, 5) is 36.3. The van der Waals surface area contributed by atoms with Gasteiger partial charge in [-0.15, -0.1) is 10.2 Å². The number of rotatable bonds is 10. The molecule has 2 aromatic carbocycles. The minimum Gasteiger partial charge on any atom is -0.462 e. The van der Waals surface area contributed by atoms with Crippen LogP contribution in [0, 0.1) is 0 Å². The number of carbonyl (C=O) groups is 3. The number of nitrogens with zero attached hydrogens (tertiary/aromatic N) is 3. The number of amides is 2. The van der Waals surface area contributed by atoms with Crippen molar-refractivity contribution in [1.29, 1.82) is 0 Å². The molecule has 0 aliphatic rings. The summed E-state index contributed by atoms with van der Waals surface area (Å²) in [5.41, 5.74) is 1.57. The maximum atomic E-state index is 12.3. The van der Waals surface area contributed by atoms with Crippen LogP contribution in [-0.2, 0) is 22.6 Å². The molecule has 2 amide bonds. The summed E-state index contributed by atoms with van der Waals surface area (Å²) in [5.74, 6) is -0.0640. The molecule has 0 saturated heterocycles. The van der Waals surface area contributed by atoms with Crippen molar-refractivity contribution in [2.24, 2.45) is 0 Å². The molecule has 33 heavy (non-hydrogen) atoms. The molecule has 0 bridgehead atoms. The lowest BCUT2D eigenvalue weighted by atomic mass is 10.2. The van der Waals surface area contributed by atoms with Crippen LogP contribution < -0.4 is 10.6 Å². The van der Waals surface area contributed by atoms with Crippen LogP contribution in [0.2, 0.25) is 0 Å². The molecule has 0 fully saturated rings. The molecular formula is C23H25N5O4S. The smallest absolute Gasteiger partial charge is 0.338 e. The van der Waals surface area contributed by atoms with Crippen molar-refractivity contribution in [2.45, 2.75) is 32.1 Å². The van der Waals surface area contributed by atoms with E-state index in [-0.39, 0.29) is 24.1 Å². The highest BCUT2D eigenvalue weighted by atomic mass is 32.2. The molecule has 1 heterocycles. The molecule has 0 radical (unpaired) electrons. The molecule has 1 aromatic heterocycles. The summed E-state index contributed by atoms with van der Waals surface area (Å²) < 4.78 is 6.80. The Morgan fingerprint density at radius 2 is 1.70 bits per heavy atom. The lowest BCUT2D eigenvalue weighted by Gasteiger charge is -2.09. The van der Waals surface area contributed by atoms with Crippen molar-refractivity contribution >= 4 is 35.2 Å². The number of thioether (sulfide) groups is 1. The van der Waals surface area contributed by atoms with Crippen LogP contribution in [0.4, 0.5) is 5.69 Å². The largest absolute Gasteiger partial charge is 0.462 e. The van der Waals surface area contributed by atoms with Gasteiger partial charge in [0.05, 0.1) is 24.5 Å². The zero-order chi connectivity index (χ0) is 23.6. The fraction of sp³-hybridized carbons (Fsp3) is 0.261. The summed E-state index contributed by atoms with van der Waals surface area (Å²) in [6.07, 6.45) is 0. The van der Waals surface area contributed by atoms with E-state index in [2.05, 4.69) is 20.8 Å². The number of aromatic nitrogens is 3. The molecule has 3 rings (SSSR count). The van der Waals surface area contributed by atoms with Gasteiger partial charge in [0.2, 0.25) is 5.91 Å². The van der Waals surface area contributed by atoms with Crippen molar-refractivity contribution in [3.63, 3.8) is 0 Å². The van der Waals surface area contributed by atoms with Crippen LogP contribution in [0.5, 0.6) is 0 Å². The number of ether oxygens (including phenoxy) is 1. The van der Waals surface area contributed by atoms with Crippen LogP contribution in [0.3, 0.4) is 0 Å². The number of esters is 1. The van der Waals surface area contributed by atoms with E-state index in [1.165, 1.54) is 11.8 Å². The van der Waals surface area contributed by atoms with Crippen molar-refractivity contribution in [2.75, 3.05) is 17.7 Å². The lowest BCUT2D eigenvalue weighted by molar-refractivity contribution is -0.113. The number of anilines is 1. The van der Waals surface area contributed by atoms with Gasteiger partial charge in [-0.1, -0.05) is 30.0 Å². The zero-order valence-corrected chi connectivity index (χ0v) is 19.2. The Morgan fingerprint density at radius 1 is 0.970 bits per heavy atom. The monoisotopic (exact) mass is 467 g/mol. The fourth-order valence-electron chi connectivity index (χ4n) is 2.96. The molecule has 10 heteroatoms. The van der Waals surface area contributed by atoms with Crippen LogP contribution in [0.25, 0.3) is 0 Å². The summed E-state index contributed by atoms with van der Waals surface area (Å²) in [7, 11) is 0. The third-order valence-corrected chi connectivity index (χ3v) is 5.53. The second kappa shape index (κ2) is 11.8. The van der Waals surface area contributed by atoms with Gasteiger partial charge in [0.15, 0.2) is 11.0 Å². The van der Waals surface area contributed by atoms with E-state index in [0.717, 1.165) is 0 Å². The molecule has 0 saturated carbocycles. The number of benzene rings is 2. The number of hydrogen-bond acceptors (Lipinski definition) is 7. The van der Waals surface area contributed by atoms with Gasteiger partial charge < -0.3 is 19.9 Å². The summed E-state index contributed by atoms with van der Waals surface area (Å²) in [6.45, 7) is 4.82. The van der Waals surface area contributed by atoms with Gasteiger partial charge in [0, 0.05) is 17.8 Å². The first-order valence-electron chi connectivity index (χ1n) is 10.5. The summed E-state index contributed by atoms with van der Waals surface area (Å²) >= 11 is 1.26. The quantitative estimate of drug-likeness (QED) is 0.348. The molecule has 2 N–H and O–H groups in total. The van der Waals surface area contributed by atoms with E-state index in [9.17, 15) is 14.4 Å². The Balaban J connectivity index is 1.52. The van der Waals surface area contributed by atoms with Gasteiger partial charge in [0.25, 0.3) is 5.91 Å². The summed E-state index contributed by atoms with van der Waals surface area (Å²) in [5, 5.41) is 14.5. The second-order valence-electron chi connectivity index (χ2n) is 6.83. The predicted octanol–water partition coefficient (Wildman–Crippen LogP) is 3.14. The minimum absolute atomic E-state index is 0.133. The highest BCUT2D eigenvalue weighted by molar-refractivity contribution is 7.99. The molecular weight excluding hydrogens is 442 g/mol. The molecule has 9 nitrogen and oxygen atoms in total. The van der Waals surface area contributed by atoms with E-state index >= 15 is 0 Å². The summed E-state index contributed by atoms with van der Waals surface area (Å²) in [6, 6.07) is 15.4. The molecule has 172 valence electrons. The van der Waals surface area contributed by atoms with Crippen LogP contribution in [0.15, 0.2) is 59.8 Å². The lowest BCUT2D eigenvalue weighted by Crippen LogP contribution is -2.24. The van der Waals surface area contributed by atoms with E-state index in [0.29, 0.717) is 40.9 Å². The number of nitrogens with one attached hydrogen (secondary N) is 2. The van der Waals surface area contributed by atoms with Gasteiger partial charge >= 0.3 is 5.97 Å². The Kier molecular flexibility index (Phi) is 8.59. The van der Waals surface area contributed by atoms with E-state index < -0.39 is 5.97 Å². The Bertz CT molecular complexity index is 1100. The van der Waals surface area contributed by atoms with E-state index in [4.69, 9.17) is 4.74 Å². The standard InChI is InChI=1S/C23H25N5O4S/c1-3-28-19(14-24-21(30)16-8-6-5-7-9-16)26-27-23(28)33-15-20(29)25-18-12-10-17(11-13-18)22(31)32-4-2/h5-13H,3-4,14-15H2,1-2H3,(H,24,30)(H,25,29). The van der Waals surface area contributed by atoms with Gasteiger partial charge in [-0.3, -0.25) is 9.59 Å². The molecule has 3 aromatic rings. The van der Waals surface area contributed by atoms with Gasteiger partial charge in [-0.2, -0.15) is 0 Å². The topological polar surface area (TPSA) is 115 Å². The van der Waals surface area contributed by atoms with Crippen molar-refractivity contribution in [1.82, 2.24) is 20.1 Å². The normalized spacial score (nSPS) is 10.5. The van der Waals surface area contributed by atoms with E-state index in [1.54, 1.807) is 55.5 Å². The third-order valence-electron chi connectivity index (χ3n) is 4.56. The first kappa shape index (κ1) is 24.0. The van der Waals surface area contributed by atoms with Crippen LogP contribution >= 0.6 is 11.8 Å². The maximum Gasteiger partial charge on any atom is 0.338 e. The van der Waals surface area contributed by atoms with Crippen LogP contribution in [-0.4, -0.2) is 44.9 Å². The number of hydrogen-bond donors (Lipinski definition) is 2. The van der Waals surface area contributed by atoms with Crippen molar-refractivity contribution in [3.05, 3.63) is 71.5 Å². The Morgan fingerprint density at radius 3 is 2.36 bits per heavy atom. The van der Waals surface area contributed by atoms with Crippen LogP contribution in [0.1, 0.15) is 40.4 Å². The molecule has 0 aliphatic carbocycles. The molecule has 0 unspecified atom stereocenters. The van der Waals surface area contributed by atoms with Crippen molar-refractivity contribution in [3.8, 4) is 0 Å². The van der Waals surface area contributed by atoms with Gasteiger partial charge in [-0.05, 0) is 50.2 Å². The average molecular weight is 468 g/mol. The molecule has 0 spiro atoms. The van der Waals surface area contributed by atoms with Gasteiger partial charge in [-0.25, -0.2) is 4.79 Å². The molecule has 0 atom stereocenters. The highest BCUT2D eigenvalue weighted by Gasteiger charge is 2.15.